The molecule has 0 aliphatic rings. The molecule has 0 N–H and O–H groups in total. The minimum atomic E-state index is -0.172. The Labute approximate surface area is 168 Å². The van der Waals surface area contributed by atoms with Crippen LogP contribution in [-0.4, -0.2) is 21.9 Å². The third kappa shape index (κ3) is 3.52. The third-order valence-electron chi connectivity index (χ3n) is 4.22. The zero-order valence-corrected chi connectivity index (χ0v) is 17.2. The number of benzene rings is 2. The molecule has 2 aromatic carbocycles. The second-order valence-electron chi connectivity index (χ2n) is 6.08. The molecule has 2 aromatic heterocycles. The summed E-state index contributed by atoms with van der Waals surface area (Å²) in [6, 6.07) is 15.5. The van der Waals surface area contributed by atoms with Crippen molar-refractivity contribution in [3.8, 4) is 17.0 Å². The fourth-order valence-electron chi connectivity index (χ4n) is 2.87. The first-order valence-electron chi connectivity index (χ1n) is 8.32. The predicted molar refractivity (Wildman–Crippen MR) is 112 cm³/mol. The standard InChI is InChI=1S/C20H16BrN3O2S/c1-12-22-18-19(27-12)17(14-5-9-16(26-2)10-6-14)23-24(20(18)25)11-13-3-7-15(21)8-4-13/h3-10H,11H2,1-2H3. The van der Waals surface area contributed by atoms with Crippen molar-refractivity contribution in [3.05, 3.63) is 73.9 Å². The third-order valence-corrected chi connectivity index (χ3v) is 5.72. The fourth-order valence-corrected chi connectivity index (χ4v) is 4.06. The highest BCUT2D eigenvalue weighted by atomic mass is 79.9. The molecular formula is C20H16BrN3O2S. The molecule has 5 nitrogen and oxygen atoms in total. The summed E-state index contributed by atoms with van der Waals surface area (Å²) in [5.41, 5.74) is 2.98. The molecule has 0 fully saturated rings. The van der Waals surface area contributed by atoms with Gasteiger partial charge in [-0.15, -0.1) is 11.3 Å². The second kappa shape index (κ2) is 7.25. The van der Waals surface area contributed by atoms with E-state index in [0.717, 1.165) is 36.8 Å². The summed E-state index contributed by atoms with van der Waals surface area (Å²) in [7, 11) is 1.64. The van der Waals surface area contributed by atoms with Crippen LogP contribution in [0.25, 0.3) is 21.5 Å². The predicted octanol–water partition coefficient (Wildman–Crippen LogP) is 4.65. The maximum absolute atomic E-state index is 12.9. The lowest BCUT2D eigenvalue weighted by molar-refractivity contribution is 0.415. The van der Waals surface area contributed by atoms with Gasteiger partial charge < -0.3 is 4.74 Å². The summed E-state index contributed by atoms with van der Waals surface area (Å²) >= 11 is 4.92. The average molecular weight is 442 g/mol. The van der Waals surface area contributed by atoms with Gasteiger partial charge in [0.1, 0.15) is 11.4 Å². The molecule has 4 aromatic rings. The van der Waals surface area contributed by atoms with Gasteiger partial charge in [-0.05, 0) is 48.9 Å². The average Bonchev–Trinajstić information content (AvgIpc) is 3.08. The zero-order valence-electron chi connectivity index (χ0n) is 14.8. The van der Waals surface area contributed by atoms with Crippen LogP contribution in [0.4, 0.5) is 0 Å². The maximum atomic E-state index is 12.9. The zero-order chi connectivity index (χ0) is 19.0. The lowest BCUT2D eigenvalue weighted by Crippen LogP contribution is -2.24. The van der Waals surface area contributed by atoms with E-state index in [1.807, 2.05) is 55.5 Å². The molecular weight excluding hydrogens is 426 g/mol. The van der Waals surface area contributed by atoms with Gasteiger partial charge in [0.05, 0.1) is 23.4 Å². The van der Waals surface area contributed by atoms with Gasteiger partial charge in [-0.25, -0.2) is 9.67 Å². The van der Waals surface area contributed by atoms with Gasteiger partial charge in [-0.3, -0.25) is 4.79 Å². The minimum Gasteiger partial charge on any atom is -0.497 e. The number of hydrogen-bond donors (Lipinski definition) is 0. The molecule has 0 unspecified atom stereocenters. The van der Waals surface area contributed by atoms with Crippen molar-refractivity contribution < 1.29 is 4.74 Å². The molecule has 0 aliphatic carbocycles. The molecule has 0 bridgehead atoms. The Hall–Kier alpha value is -2.51. The smallest absolute Gasteiger partial charge is 0.294 e. The van der Waals surface area contributed by atoms with Crippen LogP contribution < -0.4 is 10.3 Å². The van der Waals surface area contributed by atoms with Gasteiger partial charge in [0.25, 0.3) is 5.56 Å². The molecule has 27 heavy (non-hydrogen) atoms. The van der Waals surface area contributed by atoms with Crippen molar-refractivity contribution in [2.45, 2.75) is 13.5 Å². The SMILES string of the molecule is COc1ccc(-c2nn(Cc3ccc(Br)cc3)c(=O)c3nc(C)sc23)cc1. The van der Waals surface area contributed by atoms with E-state index in [9.17, 15) is 4.79 Å². The van der Waals surface area contributed by atoms with Crippen LogP contribution >= 0.6 is 27.3 Å². The number of halogens is 1. The Morgan fingerprint density at radius 1 is 1.11 bits per heavy atom. The van der Waals surface area contributed by atoms with E-state index >= 15 is 0 Å². The van der Waals surface area contributed by atoms with Crippen LogP contribution in [0, 0.1) is 6.92 Å². The largest absolute Gasteiger partial charge is 0.497 e. The molecule has 0 saturated heterocycles. The van der Waals surface area contributed by atoms with Crippen LogP contribution in [-0.2, 0) is 6.54 Å². The number of aryl methyl sites for hydroxylation is 1. The van der Waals surface area contributed by atoms with Gasteiger partial charge in [0.2, 0.25) is 0 Å². The number of thiazole rings is 1. The van der Waals surface area contributed by atoms with Crippen molar-refractivity contribution in [2.24, 2.45) is 0 Å². The van der Waals surface area contributed by atoms with E-state index in [0.29, 0.717) is 12.1 Å². The molecule has 7 heteroatoms. The summed E-state index contributed by atoms with van der Waals surface area (Å²) in [4.78, 5) is 17.4. The van der Waals surface area contributed by atoms with E-state index in [-0.39, 0.29) is 5.56 Å². The second-order valence-corrected chi connectivity index (χ2v) is 8.20. The van der Waals surface area contributed by atoms with Gasteiger partial charge in [-0.1, -0.05) is 28.1 Å². The molecule has 0 aliphatic heterocycles. The number of methoxy groups -OCH3 is 1. The molecule has 0 saturated carbocycles. The van der Waals surface area contributed by atoms with Crippen LogP contribution in [0.5, 0.6) is 5.75 Å². The Morgan fingerprint density at radius 2 is 1.81 bits per heavy atom. The number of hydrogen-bond acceptors (Lipinski definition) is 5. The quantitative estimate of drug-likeness (QED) is 0.462. The summed E-state index contributed by atoms with van der Waals surface area (Å²) in [6.07, 6.45) is 0. The van der Waals surface area contributed by atoms with E-state index in [4.69, 9.17) is 4.74 Å². The summed E-state index contributed by atoms with van der Waals surface area (Å²) in [5, 5.41) is 5.53. The van der Waals surface area contributed by atoms with Crippen molar-refractivity contribution in [2.75, 3.05) is 7.11 Å². The van der Waals surface area contributed by atoms with E-state index < -0.39 is 0 Å². The molecule has 136 valence electrons. The molecule has 0 amide bonds. The molecule has 4 rings (SSSR count). The Kier molecular flexibility index (Phi) is 4.80. The van der Waals surface area contributed by atoms with Crippen LogP contribution in [0.15, 0.2) is 57.8 Å². The van der Waals surface area contributed by atoms with Gasteiger partial charge >= 0.3 is 0 Å². The molecule has 0 radical (unpaired) electrons. The molecule has 0 atom stereocenters. The number of fused-ring (bicyclic) bond motifs is 1. The van der Waals surface area contributed by atoms with Crippen molar-refractivity contribution >= 4 is 37.5 Å². The van der Waals surface area contributed by atoms with Crippen molar-refractivity contribution in [3.63, 3.8) is 0 Å². The van der Waals surface area contributed by atoms with Crippen molar-refractivity contribution in [1.29, 1.82) is 0 Å². The van der Waals surface area contributed by atoms with Gasteiger partial charge in [-0.2, -0.15) is 5.10 Å². The van der Waals surface area contributed by atoms with Crippen LogP contribution in [0.1, 0.15) is 10.6 Å². The van der Waals surface area contributed by atoms with Crippen LogP contribution in [0.3, 0.4) is 0 Å². The van der Waals surface area contributed by atoms with Gasteiger partial charge in [0.15, 0.2) is 5.52 Å². The lowest BCUT2D eigenvalue weighted by Gasteiger charge is -2.09. The maximum Gasteiger partial charge on any atom is 0.294 e. The lowest BCUT2D eigenvalue weighted by atomic mass is 10.1. The summed E-state index contributed by atoms with van der Waals surface area (Å²) in [5.74, 6) is 0.777. The molecule has 0 spiro atoms. The van der Waals surface area contributed by atoms with E-state index in [2.05, 4.69) is 26.0 Å². The first-order chi connectivity index (χ1) is 13.0. The molecule has 2 heterocycles. The highest BCUT2D eigenvalue weighted by Crippen LogP contribution is 2.30. The van der Waals surface area contributed by atoms with Crippen LogP contribution in [0.2, 0.25) is 0 Å². The summed E-state index contributed by atoms with van der Waals surface area (Å²) in [6.45, 7) is 2.29. The topological polar surface area (TPSA) is 57.0 Å². The fraction of sp³-hybridized carbons (Fsp3) is 0.150. The first-order valence-corrected chi connectivity index (χ1v) is 9.93. The highest BCUT2D eigenvalue weighted by Gasteiger charge is 2.16. The highest BCUT2D eigenvalue weighted by molar-refractivity contribution is 9.10. The first kappa shape index (κ1) is 17.9. The number of ether oxygens (including phenoxy) is 1. The Morgan fingerprint density at radius 3 is 2.48 bits per heavy atom. The Bertz CT molecular complexity index is 1170. The normalized spacial score (nSPS) is 11.1. The Balaban J connectivity index is 1.88. The number of rotatable bonds is 4. The number of nitrogens with zero attached hydrogens (tertiary/aromatic N) is 3. The van der Waals surface area contributed by atoms with E-state index in [1.165, 1.54) is 16.0 Å². The number of aromatic nitrogens is 3. The van der Waals surface area contributed by atoms with Gasteiger partial charge in [0, 0.05) is 10.0 Å². The minimum absolute atomic E-state index is 0.172. The summed E-state index contributed by atoms with van der Waals surface area (Å²) < 4.78 is 8.54. The van der Waals surface area contributed by atoms with E-state index in [1.54, 1.807) is 7.11 Å². The van der Waals surface area contributed by atoms with Crippen molar-refractivity contribution in [1.82, 2.24) is 14.8 Å². The monoisotopic (exact) mass is 441 g/mol.